The lowest BCUT2D eigenvalue weighted by Gasteiger charge is -2.49. The molecule has 2 aromatic heterocycles. The third-order valence-electron chi connectivity index (χ3n) is 14.9. The number of likely N-dealkylation sites (N-methyl/N-ethyl adjacent to an activating group) is 1. The number of imide groups is 2. The summed E-state index contributed by atoms with van der Waals surface area (Å²) in [6.07, 6.45) is 9.41. The van der Waals surface area contributed by atoms with Gasteiger partial charge in [0.1, 0.15) is 11.1 Å². The molecule has 4 aromatic rings. The Morgan fingerprint density at radius 3 is 2.38 bits per heavy atom. The fourth-order valence-electron chi connectivity index (χ4n) is 11.0. The molecule has 1 unspecified atom stereocenters. The third-order valence-corrected chi connectivity index (χ3v) is 15.2. The molecule has 0 radical (unpaired) electrons. The predicted octanol–water partition coefficient (Wildman–Crippen LogP) is 4.80. The summed E-state index contributed by atoms with van der Waals surface area (Å²) in [5, 5.41) is 9.23. The summed E-state index contributed by atoms with van der Waals surface area (Å²) < 4.78 is 13.9. The van der Waals surface area contributed by atoms with Crippen LogP contribution in [0, 0.1) is 5.41 Å². The Bertz CT molecular complexity index is 2740. The Labute approximate surface area is 398 Å². The van der Waals surface area contributed by atoms with Gasteiger partial charge in [0, 0.05) is 68.5 Å². The molecule has 0 bridgehead atoms. The van der Waals surface area contributed by atoms with Gasteiger partial charge in [-0.25, -0.2) is 4.98 Å². The molecular formula is C49H57ClN10O8. The first kappa shape index (κ1) is 45.7. The molecule has 1 saturated carbocycles. The number of pyridine rings is 1. The number of likely N-dealkylation sites (tertiary alicyclic amines) is 1. The molecule has 5 fully saturated rings. The Balaban J connectivity index is 0.684. The lowest BCUT2D eigenvalue weighted by molar-refractivity contribution is -0.136. The number of fused-ring (bicyclic) bond motifs is 2. The molecule has 10 rings (SSSR count). The van der Waals surface area contributed by atoms with Crippen molar-refractivity contribution in [3.63, 3.8) is 0 Å². The number of benzene rings is 2. The number of carbonyl (C=O) groups excluding carboxylic acids is 5. The maximum Gasteiger partial charge on any atom is 0.293 e. The number of rotatable bonds is 12. The van der Waals surface area contributed by atoms with Gasteiger partial charge in [0.15, 0.2) is 18.2 Å². The van der Waals surface area contributed by atoms with Gasteiger partial charge in [-0.05, 0) is 126 Å². The van der Waals surface area contributed by atoms with Crippen molar-refractivity contribution in [1.82, 2.24) is 35.0 Å². The van der Waals surface area contributed by atoms with E-state index in [1.807, 2.05) is 44.2 Å². The van der Waals surface area contributed by atoms with Crippen LogP contribution in [-0.2, 0) is 19.1 Å². The van der Waals surface area contributed by atoms with Crippen LogP contribution in [0.2, 0.25) is 5.02 Å². The second-order valence-electron chi connectivity index (χ2n) is 19.5. The predicted molar refractivity (Wildman–Crippen MR) is 255 cm³/mol. The standard InChI is InChI=1S/C49H57ClN10O8/c1-28(2)59-38-7-4-30(20-29(38)21-40(47(59)66)67-26-42(62)51-3)53-43-37(50)25-52-48(55-43)57-15-10-33(11-16-57)68-34-22-32(23-34)56-17-12-49(13-18-56)14-19-58(27-49)31-5-6-35-36(24-31)46(65)60(45(35)64)39-8-9-41(61)54-44(39)63/h4-7,20-21,24-25,28,32-34,39H,8-19,22-23,26-27H2,1-3H3,(H,51,62)(H,52,53,55)(H,54,61,63). The number of anilines is 4. The van der Waals surface area contributed by atoms with E-state index in [-0.39, 0.29) is 66.2 Å². The highest BCUT2D eigenvalue weighted by Crippen LogP contribution is 2.45. The molecule has 6 aliphatic rings. The normalized spacial score (nSPS) is 23.1. The van der Waals surface area contributed by atoms with Gasteiger partial charge in [-0.1, -0.05) is 11.6 Å². The van der Waals surface area contributed by atoms with E-state index in [0.717, 1.165) is 106 Å². The minimum Gasteiger partial charge on any atom is -0.478 e. The molecule has 3 N–H and O–H groups in total. The zero-order valence-electron chi connectivity index (χ0n) is 38.6. The molecule has 5 amide bonds. The van der Waals surface area contributed by atoms with Crippen molar-refractivity contribution < 1.29 is 33.4 Å². The molecule has 4 saturated heterocycles. The number of carbonyl (C=O) groups is 5. The fraction of sp³-hybridized carbons (Fsp3) is 0.510. The van der Waals surface area contributed by atoms with Crippen LogP contribution < -0.4 is 36.0 Å². The highest BCUT2D eigenvalue weighted by atomic mass is 35.5. The summed E-state index contributed by atoms with van der Waals surface area (Å²) in [5.74, 6) is -1.14. The largest absolute Gasteiger partial charge is 0.478 e. The lowest BCUT2D eigenvalue weighted by Crippen LogP contribution is -2.54. The molecule has 18 nitrogen and oxygen atoms in total. The number of hydrogen-bond donors (Lipinski definition) is 3. The third kappa shape index (κ3) is 8.77. The van der Waals surface area contributed by atoms with Gasteiger partial charge in [-0.2, -0.15) is 4.98 Å². The molecule has 1 atom stereocenters. The summed E-state index contributed by atoms with van der Waals surface area (Å²) in [6.45, 7) is 8.99. The molecule has 68 heavy (non-hydrogen) atoms. The van der Waals surface area contributed by atoms with E-state index >= 15 is 0 Å². The Morgan fingerprint density at radius 2 is 1.65 bits per heavy atom. The van der Waals surface area contributed by atoms with E-state index in [4.69, 9.17) is 26.1 Å². The minimum absolute atomic E-state index is 0.0917. The van der Waals surface area contributed by atoms with Crippen molar-refractivity contribution in [3.8, 4) is 5.75 Å². The fourth-order valence-corrected chi connectivity index (χ4v) is 11.1. The number of piperidine rings is 3. The van der Waals surface area contributed by atoms with Crippen molar-refractivity contribution >= 4 is 75.2 Å². The molecule has 5 aliphatic heterocycles. The number of hydrogen-bond acceptors (Lipinski definition) is 14. The van der Waals surface area contributed by atoms with Gasteiger partial charge in [-0.3, -0.25) is 39.0 Å². The Kier molecular flexibility index (Phi) is 12.4. The van der Waals surface area contributed by atoms with Crippen LogP contribution in [0.1, 0.15) is 98.4 Å². The van der Waals surface area contributed by atoms with Crippen LogP contribution in [0.25, 0.3) is 10.9 Å². The smallest absolute Gasteiger partial charge is 0.293 e. The summed E-state index contributed by atoms with van der Waals surface area (Å²) in [5.41, 5.74) is 2.90. The molecular weight excluding hydrogens is 892 g/mol. The van der Waals surface area contributed by atoms with E-state index in [9.17, 15) is 28.8 Å². The first-order valence-electron chi connectivity index (χ1n) is 23.8. The van der Waals surface area contributed by atoms with Crippen molar-refractivity contribution in [1.29, 1.82) is 0 Å². The van der Waals surface area contributed by atoms with Crippen LogP contribution in [0.4, 0.5) is 23.1 Å². The summed E-state index contributed by atoms with van der Waals surface area (Å²) in [4.78, 5) is 93.6. The van der Waals surface area contributed by atoms with E-state index < -0.39 is 23.8 Å². The maximum absolute atomic E-state index is 13.5. The number of ether oxygens (including phenoxy) is 2. The number of amides is 5. The lowest BCUT2D eigenvalue weighted by atomic mass is 9.76. The van der Waals surface area contributed by atoms with Crippen LogP contribution in [0.5, 0.6) is 5.75 Å². The van der Waals surface area contributed by atoms with Crippen LogP contribution in [0.3, 0.4) is 0 Å². The Morgan fingerprint density at radius 1 is 0.897 bits per heavy atom. The molecule has 1 spiro atoms. The summed E-state index contributed by atoms with van der Waals surface area (Å²) in [7, 11) is 1.51. The topological polar surface area (TPSA) is 201 Å². The summed E-state index contributed by atoms with van der Waals surface area (Å²) in [6, 6.07) is 12.1. The van der Waals surface area contributed by atoms with Gasteiger partial charge >= 0.3 is 0 Å². The molecule has 19 heteroatoms. The number of nitrogens with zero attached hydrogens (tertiary/aromatic N) is 7. The first-order chi connectivity index (χ1) is 32.8. The van der Waals surface area contributed by atoms with Crippen molar-refractivity contribution in [2.75, 3.05) is 68.0 Å². The van der Waals surface area contributed by atoms with Crippen molar-refractivity contribution in [2.24, 2.45) is 5.41 Å². The maximum atomic E-state index is 13.5. The van der Waals surface area contributed by atoms with Gasteiger partial charge < -0.3 is 39.4 Å². The number of nitrogens with one attached hydrogen (secondary N) is 3. The highest BCUT2D eigenvalue weighted by molar-refractivity contribution is 6.33. The van der Waals surface area contributed by atoms with Crippen LogP contribution >= 0.6 is 11.6 Å². The van der Waals surface area contributed by atoms with E-state index in [0.29, 0.717) is 39.6 Å². The second kappa shape index (κ2) is 18.4. The average molecular weight is 950 g/mol. The molecule has 2 aromatic carbocycles. The average Bonchev–Trinajstić information content (AvgIpc) is 3.84. The zero-order valence-corrected chi connectivity index (χ0v) is 39.3. The highest BCUT2D eigenvalue weighted by Gasteiger charge is 2.47. The molecule has 7 heterocycles. The van der Waals surface area contributed by atoms with E-state index in [1.54, 1.807) is 22.9 Å². The van der Waals surface area contributed by atoms with Crippen molar-refractivity contribution in [3.05, 3.63) is 75.2 Å². The van der Waals surface area contributed by atoms with Gasteiger partial charge in [-0.15, -0.1) is 0 Å². The number of aromatic nitrogens is 3. The van der Waals surface area contributed by atoms with Gasteiger partial charge in [0.05, 0.1) is 35.0 Å². The second-order valence-corrected chi connectivity index (χ2v) is 19.9. The summed E-state index contributed by atoms with van der Waals surface area (Å²) >= 11 is 6.61. The Hall–Kier alpha value is -6.11. The molecule has 1 aliphatic carbocycles. The minimum atomic E-state index is -0.973. The van der Waals surface area contributed by atoms with E-state index in [2.05, 4.69) is 35.6 Å². The first-order valence-corrected chi connectivity index (χ1v) is 24.2. The monoisotopic (exact) mass is 948 g/mol. The molecule has 358 valence electrons. The van der Waals surface area contributed by atoms with Gasteiger partial charge in [0.25, 0.3) is 23.3 Å². The SMILES string of the molecule is CNC(=O)COc1cc2cc(Nc3nc(N4CCC(OC5CC(N6CCC7(CCN(c8ccc9c(c8)C(=O)N(C8CCC(=O)NC8=O)C9=O)C7)CC6)C5)CC4)ncc3Cl)ccc2n(C(C)C)c1=O. The quantitative estimate of drug-likeness (QED) is 0.164. The van der Waals surface area contributed by atoms with Crippen LogP contribution in [-0.4, -0.2) is 131 Å². The van der Waals surface area contributed by atoms with Crippen molar-refractivity contribution in [2.45, 2.75) is 102 Å². The number of halogens is 1. The van der Waals surface area contributed by atoms with Gasteiger partial charge in [0.2, 0.25) is 17.8 Å². The zero-order chi connectivity index (χ0) is 47.4. The van der Waals surface area contributed by atoms with E-state index in [1.165, 1.54) is 7.05 Å². The van der Waals surface area contributed by atoms with Crippen LogP contribution in [0.15, 0.2) is 53.5 Å².